The molecule has 0 radical (unpaired) electrons. The topological polar surface area (TPSA) is 75.4 Å². The molecule has 0 aliphatic heterocycles. The number of aryl methyl sites for hydroxylation is 1. The van der Waals surface area contributed by atoms with E-state index >= 15 is 0 Å². The number of aromatic nitrogens is 1. The lowest BCUT2D eigenvalue weighted by Crippen LogP contribution is -2.17. The Morgan fingerprint density at radius 1 is 1.67 bits per heavy atom. The van der Waals surface area contributed by atoms with Gasteiger partial charge in [-0.25, -0.2) is 9.78 Å². The van der Waals surface area contributed by atoms with E-state index in [-0.39, 0.29) is 6.04 Å². The first-order valence-corrected chi connectivity index (χ1v) is 6.40. The fourth-order valence-corrected chi connectivity index (χ4v) is 2.31. The van der Waals surface area contributed by atoms with E-state index in [1.54, 1.807) is 17.6 Å². The normalized spacial score (nSPS) is 12.6. The fourth-order valence-electron chi connectivity index (χ4n) is 1.50. The number of oxazole rings is 1. The lowest BCUT2D eigenvalue weighted by Gasteiger charge is -2.08. The Kier molecular flexibility index (Phi) is 3.78. The van der Waals surface area contributed by atoms with Crippen LogP contribution in [0.1, 0.15) is 39.9 Å². The molecule has 2 aromatic rings. The monoisotopic (exact) mass is 266 g/mol. The third-order valence-corrected chi connectivity index (χ3v) is 3.43. The molecule has 0 aliphatic carbocycles. The zero-order valence-corrected chi connectivity index (χ0v) is 11.0. The van der Waals surface area contributed by atoms with Gasteiger partial charge in [-0.1, -0.05) is 0 Å². The van der Waals surface area contributed by atoms with Gasteiger partial charge in [-0.05, 0) is 19.9 Å². The molecule has 0 bridgehead atoms. The zero-order valence-electron chi connectivity index (χ0n) is 10.1. The summed E-state index contributed by atoms with van der Waals surface area (Å²) in [6, 6.07) is 1.67. The van der Waals surface area contributed by atoms with Crippen LogP contribution in [0.25, 0.3) is 0 Å². The van der Waals surface area contributed by atoms with E-state index in [1.807, 2.05) is 13.8 Å². The fraction of sp³-hybridized carbons (Fsp3) is 0.333. The number of carboxylic acid groups (broad SMARTS) is 1. The van der Waals surface area contributed by atoms with E-state index < -0.39 is 5.97 Å². The average Bonchev–Trinajstić information content (AvgIpc) is 2.94. The smallest absolute Gasteiger partial charge is 0.336 e. The van der Waals surface area contributed by atoms with Crippen molar-refractivity contribution in [1.29, 1.82) is 0 Å². The van der Waals surface area contributed by atoms with Crippen molar-refractivity contribution >= 4 is 17.3 Å². The highest BCUT2D eigenvalue weighted by atomic mass is 32.1. The maximum Gasteiger partial charge on any atom is 0.336 e. The minimum absolute atomic E-state index is 0.00548. The summed E-state index contributed by atoms with van der Waals surface area (Å²) in [6.45, 7) is 4.40. The maximum absolute atomic E-state index is 10.7. The largest absolute Gasteiger partial charge is 0.478 e. The highest BCUT2D eigenvalue weighted by Crippen LogP contribution is 2.17. The molecule has 5 nitrogen and oxygen atoms in total. The minimum atomic E-state index is -0.895. The van der Waals surface area contributed by atoms with Crippen molar-refractivity contribution in [3.63, 3.8) is 0 Å². The van der Waals surface area contributed by atoms with Crippen molar-refractivity contribution in [2.75, 3.05) is 0 Å². The van der Waals surface area contributed by atoms with E-state index in [1.165, 1.54) is 11.3 Å². The molecule has 6 heteroatoms. The van der Waals surface area contributed by atoms with Crippen LogP contribution < -0.4 is 5.32 Å². The van der Waals surface area contributed by atoms with Crippen LogP contribution in [0.3, 0.4) is 0 Å². The Morgan fingerprint density at radius 3 is 3.00 bits per heavy atom. The molecule has 2 N–H and O–H groups in total. The summed E-state index contributed by atoms with van der Waals surface area (Å²) >= 11 is 1.43. The van der Waals surface area contributed by atoms with Crippen LogP contribution in [0.2, 0.25) is 0 Å². The van der Waals surface area contributed by atoms with E-state index in [2.05, 4.69) is 10.3 Å². The van der Waals surface area contributed by atoms with E-state index in [4.69, 9.17) is 9.52 Å². The Labute approximate surface area is 108 Å². The summed E-state index contributed by atoms with van der Waals surface area (Å²) in [5.41, 5.74) is 0.330. The van der Waals surface area contributed by atoms with Crippen LogP contribution in [-0.2, 0) is 6.54 Å². The van der Waals surface area contributed by atoms with Crippen LogP contribution in [0, 0.1) is 6.92 Å². The second-order valence-electron chi connectivity index (χ2n) is 4.02. The number of hydrogen-bond acceptors (Lipinski definition) is 5. The Morgan fingerprint density at radius 2 is 2.44 bits per heavy atom. The van der Waals surface area contributed by atoms with Gasteiger partial charge in [0.25, 0.3) is 0 Å². The van der Waals surface area contributed by atoms with E-state index in [0.717, 1.165) is 10.6 Å². The second-order valence-corrected chi connectivity index (χ2v) is 5.01. The Balaban J connectivity index is 1.92. The highest BCUT2D eigenvalue weighted by molar-refractivity contribution is 7.10. The molecule has 18 heavy (non-hydrogen) atoms. The van der Waals surface area contributed by atoms with E-state index in [0.29, 0.717) is 18.0 Å². The van der Waals surface area contributed by atoms with Crippen LogP contribution in [0.4, 0.5) is 0 Å². The summed E-state index contributed by atoms with van der Waals surface area (Å²) in [6.07, 6.45) is 1.68. The number of carboxylic acids is 1. The molecular formula is C12H14N2O3S. The molecule has 2 heterocycles. The van der Waals surface area contributed by atoms with Gasteiger partial charge in [0.15, 0.2) is 0 Å². The van der Waals surface area contributed by atoms with E-state index in [9.17, 15) is 4.79 Å². The molecule has 0 amide bonds. The third-order valence-electron chi connectivity index (χ3n) is 2.49. The average molecular weight is 266 g/mol. The first-order chi connectivity index (χ1) is 8.56. The molecule has 2 rings (SSSR count). The number of aromatic carboxylic acids is 1. The number of nitrogens with one attached hydrogen (secondary N) is 1. The van der Waals surface area contributed by atoms with Crippen molar-refractivity contribution in [3.05, 3.63) is 39.7 Å². The molecule has 0 saturated carbocycles. The molecule has 0 saturated heterocycles. The first kappa shape index (κ1) is 12.8. The molecule has 0 fully saturated rings. The van der Waals surface area contributed by atoms with Crippen LogP contribution in [0.15, 0.2) is 22.1 Å². The van der Waals surface area contributed by atoms with Gasteiger partial charge in [0, 0.05) is 16.8 Å². The van der Waals surface area contributed by atoms with Gasteiger partial charge in [0.1, 0.15) is 5.76 Å². The predicted molar refractivity (Wildman–Crippen MR) is 67.8 cm³/mol. The molecular weight excluding hydrogens is 252 g/mol. The molecule has 0 aliphatic rings. The summed E-state index contributed by atoms with van der Waals surface area (Å²) in [4.78, 5) is 15.9. The summed E-state index contributed by atoms with van der Waals surface area (Å²) in [5.74, 6) is 0.527. The zero-order chi connectivity index (χ0) is 13.1. The van der Waals surface area contributed by atoms with Crippen molar-refractivity contribution < 1.29 is 14.3 Å². The standard InChI is InChI=1S/C12H14N2O3S/c1-7-4-14-11(17-7)8(2)13-5-10-3-9(6-18-10)12(15)16/h3-4,6,8,13H,5H2,1-2H3,(H,15,16). The number of hydrogen-bond donors (Lipinski definition) is 2. The van der Waals surface area contributed by atoms with Gasteiger partial charge in [0.05, 0.1) is 17.8 Å². The van der Waals surface area contributed by atoms with Crippen molar-refractivity contribution in [2.45, 2.75) is 26.4 Å². The predicted octanol–water partition coefficient (Wildman–Crippen LogP) is 2.59. The van der Waals surface area contributed by atoms with Crippen LogP contribution in [-0.4, -0.2) is 16.1 Å². The molecule has 1 atom stereocenters. The Hall–Kier alpha value is -1.66. The van der Waals surface area contributed by atoms with Crippen LogP contribution >= 0.6 is 11.3 Å². The molecule has 1 unspecified atom stereocenters. The SMILES string of the molecule is Cc1cnc(C(C)NCc2cc(C(=O)O)cs2)o1. The number of nitrogens with zero attached hydrogens (tertiary/aromatic N) is 1. The minimum Gasteiger partial charge on any atom is -0.478 e. The van der Waals surface area contributed by atoms with Gasteiger partial charge in [-0.15, -0.1) is 11.3 Å². The number of thiophene rings is 1. The molecule has 96 valence electrons. The lowest BCUT2D eigenvalue weighted by atomic mass is 10.3. The van der Waals surface area contributed by atoms with Gasteiger partial charge in [-0.3, -0.25) is 0 Å². The van der Waals surface area contributed by atoms with Gasteiger partial charge in [-0.2, -0.15) is 0 Å². The van der Waals surface area contributed by atoms with Crippen molar-refractivity contribution in [1.82, 2.24) is 10.3 Å². The molecule has 0 aromatic carbocycles. The molecule has 2 aromatic heterocycles. The first-order valence-electron chi connectivity index (χ1n) is 5.52. The second kappa shape index (κ2) is 5.32. The lowest BCUT2D eigenvalue weighted by molar-refractivity contribution is 0.0697. The third kappa shape index (κ3) is 2.96. The summed E-state index contributed by atoms with van der Waals surface area (Å²) < 4.78 is 5.41. The van der Waals surface area contributed by atoms with Gasteiger partial charge < -0.3 is 14.8 Å². The summed E-state index contributed by atoms with van der Waals surface area (Å²) in [5, 5.41) is 13.7. The van der Waals surface area contributed by atoms with Crippen molar-refractivity contribution in [3.8, 4) is 0 Å². The van der Waals surface area contributed by atoms with Gasteiger partial charge >= 0.3 is 5.97 Å². The highest BCUT2D eigenvalue weighted by Gasteiger charge is 2.12. The quantitative estimate of drug-likeness (QED) is 0.870. The van der Waals surface area contributed by atoms with Gasteiger partial charge in [0.2, 0.25) is 5.89 Å². The van der Waals surface area contributed by atoms with Crippen LogP contribution in [0.5, 0.6) is 0 Å². The number of carbonyl (C=O) groups is 1. The Bertz CT molecular complexity index is 547. The number of rotatable bonds is 5. The summed E-state index contributed by atoms with van der Waals surface area (Å²) in [7, 11) is 0. The molecule has 0 spiro atoms. The van der Waals surface area contributed by atoms with Crippen molar-refractivity contribution in [2.24, 2.45) is 0 Å². The maximum atomic E-state index is 10.7.